The molecule has 0 amide bonds. The molecule has 0 saturated carbocycles. The number of phenolic OH excluding ortho intramolecular Hbond substituents is 1. The molecule has 0 aliphatic heterocycles. The maximum Gasteiger partial charge on any atom is 0.305 e. The molecule has 2 rings (SSSR count). The van der Waals surface area contributed by atoms with Crippen LogP contribution in [0.5, 0.6) is 5.75 Å². The van der Waals surface area contributed by atoms with Crippen molar-refractivity contribution in [3.63, 3.8) is 0 Å². The molecule has 3 nitrogen and oxygen atoms in total. The summed E-state index contributed by atoms with van der Waals surface area (Å²) in [6.45, 7) is 5.87. The number of benzene rings is 1. The summed E-state index contributed by atoms with van der Waals surface area (Å²) in [5, 5.41) is 9.20. The molecule has 0 aliphatic rings. The van der Waals surface area contributed by atoms with Crippen LogP contribution in [0.1, 0.15) is 19.4 Å². The topological polar surface area (TPSA) is 53.1 Å². The molecule has 1 aromatic heterocycles. The number of thiazole rings is 1. The quantitative estimate of drug-likeness (QED) is 0.703. The van der Waals surface area contributed by atoms with Crippen molar-refractivity contribution < 1.29 is 5.11 Å². The van der Waals surface area contributed by atoms with Gasteiger partial charge in [0.1, 0.15) is 5.75 Å². The smallest absolute Gasteiger partial charge is 0.305 e. The SMILES string of the molecule is CC.Cc1cc(O)cc2[nH]c(=O)sc12. The van der Waals surface area contributed by atoms with Crippen LogP contribution >= 0.6 is 11.3 Å². The Morgan fingerprint density at radius 1 is 1.36 bits per heavy atom. The molecule has 0 spiro atoms. The lowest BCUT2D eigenvalue weighted by molar-refractivity contribution is 0.475. The Balaban J connectivity index is 0.000000461. The molecule has 1 heterocycles. The number of nitrogens with one attached hydrogen (secondary N) is 1. The third-order valence-corrected chi connectivity index (χ3v) is 2.72. The molecule has 2 N–H and O–H groups in total. The van der Waals surface area contributed by atoms with Gasteiger partial charge in [-0.1, -0.05) is 25.2 Å². The average Bonchev–Trinajstić information content (AvgIpc) is 2.49. The predicted molar refractivity (Wildman–Crippen MR) is 60.2 cm³/mol. The van der Waals surface area contributed by atoms with Crippen molar-refractivity contribution in [3.8, 4) is 5.75 Å². The van der Waals surface area contributed by atoms with E-state index in [1.165, 1.54) is 11.3 Å². The number of hydrogen-bond donors (Lipinski definition) is 2. The van der Waals surface area contributed by atoms with Gasteiger partial charge in [-0.2, -0.15) is 0 Å². The zero-order chi connectivity index (χ0) is 10.7. The summed E-state index contributed by atoms with van der Waals surface area (Å²) in [7, 11) is 0. The Labute approximate surface area is 86.0 Å². The minimum absolute atomic E-state index is 0.0845. The zero-order valence-corrected chi connectivity index (χ0v) is 9.23. The fourth-order valence-corrected chi connectivity index (χ4v) is 2.00. The van der Waals surface area contributed by atoms with E-state index in [0.717, 1.165) is 10.3 Å². The van der Waals surface area contributed by atoms with E-state index >= 15 is 0 Å². The van der Waals surface area contributed by atoms with Gasteiger partial charge in [0.2, 0.25) is 0 Å². The van der Waals surface area contributed by atoms with Gasteiger partial charge in [0.05, 0.1) is 10.2 Å². The fourth-order valence-electron chi connectivity index (χ4n) is 1.21. The largest absolute Gasteiger partial charge is 0.508 e. The monoisotopic (exact) mass is 211 g/mol. The Morgan fingerprint density at radius 2 is 2.00 bits per heavy atom. The van der Waals surface area contributed by atoms with Crippen molar-refractivity contribution in [2.24, 2.45) is 0 Å². The molecule has 0 atom stereocenters. The zero-order valence-electron chi connectivity index (χ0n) is 8.42. The summed E-state index contributed by atoms with van der Waals surface area (Å²) in [5.41, 5.74) is 1.64. The molecule has 2 aromatic rings. The van der Waals surface area contributed by atoms with Gasteiger partial charge in [-0.25, -0.2) is 0 Å². The van der Waals surface area contributed by atoms with Crippen molar-refractivity contribution >= 4 is 21.6 Å². The molecule has 14 heavy (non-hydrogen) atoms. The molecule has 0 radical (unpaired) electrons. The van der Waals surface area contributed by atoms with Crippen molar-refractivity contribution in [2.75, 3.05) is 0 Å². The van der Waals surface area contributed by atoms with Crippen molar-refractivity contribution in [3.05, 3.63) is 27.4 Å². The molecule has 0 saturated heterocycles. The standard InChI is InChI=1S/C8H7NO2S.C2H6/c1-4-2-5(10)3-6-7(4)12-8(11)9-6;1-2/h2-3,10H,1H3,(H,9,11);1-2H3. The Hall–Kier alpha value is -1.29. The first-order chi connectivity index (χ1) is 6.66. The fraction of sp³-hybridized carbons (Fsp3) is 0.300. The normalized spacial score (nSPS) is 9.64. The molecule has 0 unspecified atom stereocenters. The number of fused-ring (bicyclic) bond motifs is 1. The second kappa shape index (κ2) is 4.28. The van der Waals surface area contributed by atoms with E-state index in [-0.39, 0.29) is 10.6 Å². The predicted octanol–water partition coefficient (Wildman–Crippen LogP) is 2.63. The highest BCUT2D eigenvalue weighted by atomic mass is 32.1. The summed E-state index contributed by atoms with van der Waals surface area (Å²) in [5.74, 6) is 0.189. The third kappa shape index (κ3) is 1.96. The van der Waals surface area contributed by atoms with Crippen molar-refractivity contribution in [1.82, 2.24) is 4.98 Å². The van der Waals surface area contributed by atoms with Gasteiger partial charge in [-0.3, -0.25) is 4.79 Å². The molecule has 0 bridgehead atoms. The van der Waals surface area contributed by atoms with Gasteiger partial charge in [0, 0.05) is 6.07 Å². The van der Waals surface area contributed by atoms with Gasteiger partial charge in [-0.05, 0) is 18.6 Å². The molecular weight excluding hydrogens is 198 g/mol. The van der Waals surface area contributed by atoms with Gasteiger partial charge in [0.15, 0.2) is 0 Å². The Bertz CT molecular complexity index is 484. The first kappa shape index (κ1) is 10.8. The number of aromatic hydroxyl groups is 1. The van der Waals surface area contributed by atoms with Crippen LogP contribution in [0.15, 0.2) is 16.9 Å². The number of aryl methyl sites for hydroxylation is 1. The lowest BCUT2D eigenvalue weighted by Gasteiger charge is -1.95. The van der Waals surface area contributed by atoms with Gasteiger partial charge in [0.25, 0.3) is 0 Å². The molecule has 76 valence electrons. The first-order valence-electron chi connectivity index (χ1n) is 4.49. The molecule has 4 heteroatoms. The minimum atomic E-state index is -0.0845. The van der Waals surface area contributed by atoms with E-state index < -0.39 is 0 Å². The van der Waals surface area contributed by atoms with Crippen LogP contribution in [0.25, 0.3) is 10.2 Å². The molecule has 0 aliphatic carbocycles. The molecule has 1 aromatic carbocycles. The van der Waals surface area contributed by atoms with Crippen LogP contribution in [0, 0.1) is 6.92 Å². The van der Waals surface area contributed by atoms with E-state index in [2.05, 4.69) is 4.98 Å². The van der Waals surface area contributed by atoms with Crippen LogP contribution < -0.4 is 4.87 Å². The van der Waals surface area contributed by atoms with Gasteiger partial charge < -0.3 is 10.1 Å². The third-order valence-electron chi connectivity index (χ3n) is 1.69. The van der Waals surface area contributed by atoms with E-state index in [1.54, 1.807) is 12.1 Å². The number of phenols is 1. The number of aromatic amines is 1. The Kier molecular flexibility index (Phi) is 3.30. The highest BCUT2D eigenvalue weighted by molar-refractivity contribution is 7.16. The maximum atomic E-state index is 10.9. The second-order valence-electron chi connectivity index (χ2n) is 2.65. The maximum absolute atomic E-state index is 10.9. The summed E-state index contributed by atoms with van der Waals surface area (Å²) >= 11 is 1.17. The van der Waals surface area contributed by atoms with E-state index in [4.69, 9.17) is 0 Å². The number of H-pyrrole nitrogens is 1. The second-order valence-corrected chi connectivity index (χ2v) is 3.64. The van der Waals surface area contributed by atoms with Gasteiger partial charge in [-0.15, -0.1) is 0 Å². The summed E-state index contributed by atoms with van der Waals surface area (Å²) in [6, 6.07) is 3.20. The highest BCUT2D eigenvalue weighted by Gasteiger charge is 2.03. The van der Waals surface area contributed by atoms with E-state index in [0.29, 0.717) is 5.52 Å². The minimum Gasteiger partial charge on any atom is -0.508 e. The Morgan fingerprint density at radius 3 is 2.64 bits per heavy atom. The van der Waals surface area contributed by atoms with Crippen LogP contribution in [-0.4, -0.2) is 10.1 Å². The lowest BCUT2D eigenvalue weighted by Crippen LogP contribution is -1.89. The number of hydrogen-bond acceptors (Lipinski definition) is 3. The van der Waals surface area contributed by atoms with E-state index in [1.807, 2.05) is 20.8 Å². The molecular formula is C10H13NO2S. The summed E-state index contributed by atoms with van der Waals surface area (Å²) in [4.78, 5) is 13.5. The van der Waals surface area contributed by atoms with E-state index in [9.17, 15) is 9.90 Å². The first-order valence-corrected chi connectivity index (χ1v) is 5.31. The summed E-state index contributed by atoms with van der Waals surface area (Å²) in [6.07, 6.45) is 0. The van der Waals surface area contributed by atoms with Crippen LogP contribution in [-0.2, 0) is 0 Å². The number of rotatable bonds is 0. The molecule has 0 fully saturated rings. The van der Waals surface area contributed by atoms with Gasteiger partial charge >= 0.3 is 4.87 Å². The average molecular weight is 211 g/mol. The number of aromatic nitrogens is 1. The van der Waals surface area contributed by atoms with Crippen molar-refractivity contribution in [1.29, 1.82) is 0 Å². The van der Waals surface area contributed by atoms with Crippen LogP contribution in [0.4, 0.5) is 0 Å². The summed E-state index contributed by atoms with van der Waals surface area (Å²) < 4.78 is 0.915. The van der Waals surface area contributed by atoms with Crippen LogP contribution in [0.3, 0.4) is 0 Å². The highest BCUT2D eigenvalue weighted by Crippen LogP contribution is 2.23. The van der Waals surface area contributed by atoms with Crippen molar-refractivity contribution in [2.45, 2.75) is 20.8 Å². The van der Waals surface area contributed by atoms with Crippen LogP contribution in [0.2, 0.25) is 0 Å². The lowest BCUT2D eigenvalue weighted by atomic mass is 10.2.